The third-order valence-electron chi connectivity index (χ3n) is 6.61. The molecule has 1 saturated heterocycles. The number of halogens is 1. The normalized spacial score (nSPS) is 18.3. The van der Waals surface area contributed by atoms with Gasteiger partial charge in [-0.05, 0) is 68.1 Å². The lowest BCUT2D eigenvalue weighted by atomic mass is 9.93. The second kappa shape index (κ2) is 11.0. The van der Waals surface area contributed by atoms with Gasteiger partial charge in [0.2, 0.25) is 5.95 Å². The molecule has 2 aliphatic rings. The number of rotatable bonds is 5. The van der Waals surface area contributed by atoms with Crippen LogP contribution >= 0.6 is 11.6 Å². The van der Waals surface area contributed by atoms with Gasteiger partial charge in [0.1, 0.15) is 0 Å². The third kappa shape index (κ3) is 6.08. The zero-order chi connectivity index (χ0) is 24.0. The van der Waals surface area contributed by atoms with Crippen molar-refractivity contribution in [1.82, 2.24) is 20.2 Å². The van der Waals surface area contributed by atoms with Crippen molar-refractivity contribution in [1.29, 1.82) is 0 Å². The van der Waals surface area contributed by atoms with E-state index in [1.54, 1.807) is 11.8 Å². The van der Waals surface area contributed by atoms with E-state index in [0.717, 1.165) is 30.0 Å². The van der Waals surface area contributed by atoms with E-state index in [0.29, 0.717) is 23.1 Å². The van der Waals surface area contributed by atoms with Crippen LogP contribution < -0.4 is 10.6 Å². The predicted octanol–water partition coefficient (Wildman–Crippen LogP) is 5.85. The number of hydrogen-bond donors (Lipinski definition) is 2. The maximum atomic E-state index is 13.2. The van der Waals surface area contributed by atoms with Crippen molar-refractivity contribution in [2.45, 2.75) is 38.1 Å². The number of aromatic nitrogens is 2. The van der Waals surface area contributed by atoms with E-state index in [1.807, 2.05) is 59.5 Å². The summed E-state index contributed by atoms with van der Waals surface area (Å²) >= 11 is 5.99. The van der Waals surface area contributed by atoms with Gasteiger partial charge in [0.25, 0.3) is 5.91 Å². The Bertz CT molecular complexity index is 1180. The number of nitrogens with zero attached hydrogens (tertiary/aromatic N) is 3. The largest absolute Gasteiger partial charge is 0.335 e. The van der Waals surface area contributed by atoms with Crippen LogP contribution in [0.25, 0.3) is 11.3 Å². The number of allylic oxidation sites excluding steroid dienone is 1. The number of carbonyl (C=O) groups excluding carboxylic acids is 1. The molecule has 2 heterocycles. The molecule has 0 radical (unpaired) electrons. The van der Waals surface area contributed by atoms with Crippen LogP contribution in [0.15, 0.2) is 72.4 Å². The van der Waals surface area contributed by atoms with Crippen LogP contribution in [-0.4, -0.2) is 46.5 Å². The number of hydrogen-bond acceptors (Lipinski definition) is 5. The molecule has 1 unspecified atom stereocenters. The number of anilines is 2. The highest BCUT2D eigenvalue weighted by Crippen LogP contribution is 2.24. The molecule has 1 atom stereocenters. The summed E-state index contributed by atoms with van der Waals surface area (Å²) in [6.07, 6.45) is 10.4. The third-order valence-corrected chi connectivity index (χ3v) is 6.86. The first-order valence-corrected chi connectivity index (χ1v) is 12.7. The van der Waals surface area contributed by atoms with Crippen molar-refractivity contribution in [3.63, 3.8) is 0 Å². The monoisotopic (exact) mass is 487 g/mol. The molecule has 5 rings (SSSR count). The fourth-order valence-electron chi connectivity index (χ4n) is 4.74. The topological polar surface area (TPSA) is 70.2 Å². The molecule has 2 N–H and O–H groups in total. The average Bonchev–Trinajstić information content (AvgIpc) is 2.90. The van der Waals surface area contributed by atoms with Crippen molar-refractivity contribution in [2.75, 3.05) is 25.0 Å². The molecule has 3 aromatic rings. The Kier molecular flexibility index (Phi) is 7.40. The van der Waals surface area contributed by atoms with Crippen LogP contribution in [0.4, 0.5) is 11.6 Å². The SMILES string of the molecule is O=C(c1ccc(Nc2nccc(-c3ccc(Cl)cc3)n2)cc1)N1CCNC(C=C2CCCCC2)C1. The zero-order valence-corrected chi connectivity index (χ0v) is 20.5. The summed E-state index contributed by atoms with van der Waals surface area (Å²) in [5.74, 6) is 0.573. The summed E-state index contributed by atoms with van der Waals surface area (Å²) < 4.78 is 0. The van der Waals surface area contributed by atoms with Gasteiger partial charge in [-0.1, -0.05) is 41.8 Å². The number of amides is 1. The number of benzene rings is 2. The molecule has 2 aromatic carbocycles. The van der Waals surface area contributed by atoms with Crippen LogP contribution in [0.5, 0.6) is 0 Å². The standard InChI is InChI=1S/C28H30ClN5O/c29-23-10-6-21(7-11-23)26-14-15-31-28(33-26)32-24-12-8-22(9-13-24)27(35)34-17-16-30-25(19-34)18-20-4-2-1-3-5-20/h6-15,18,25,30H,1-5,16-17,19H2,(H,31,32,33). The van der Waals surface area contributed by atoms with Gasteiger partial charge in [-0.2, -0.15) is 0 Å². The summed E-state index contributed by atoms with van der Waals surface area (Å²) in [7, 11) is 0. The summed E-state index contributed by atoms with van der Waals surface area (Å²) in [6.45, 7) is 2.26. The van der Waals surface area contributed by atoms with Gasteiger partial charge in [-0.3, -0.25) is 4.79 Å². The Balaban J connectivity index is 1.22. The first-order chi connectivity index (χ1) is 17.1. The Hall–Kier alpha value is -3.22. The van der Waals surface area contributed by atoms with Crippen molar-refractivity contribution in [2.24, 2.45) is 0 Å². The molecule has 35 heavy (non-hydrogen) atoms. The summed E-state index contributed by atoms with van der Waals surface area (Å²) in [4.78, 5) is 24.0. The molecule has 0 spiro atoms. The van der Waals surface area contributed by atoms with Crippen LogP contribution in [0.1, 0.15) is 42.5 Å². The van der Waals surface area contributed by atoms with Crippen LogP contribution in [-0.2, 0) is 0 Å². The fourth-order valence-corrected chi connectivity index (χ4v) is 4.87. The maximum absolute atomic E-state index is 13.2. The second-order valence-corrected chi connectivity index (χ2v) is 9.61. The van der Waals surface area contributed by atoms with E-state index < -0.39 is 0 Å². The average molecular weight is 488 g/mol. The summed E-state index contributed by atoms with van der Waals surface area (Å²) in [6, 6.07) is 17.2. The van der Waals surface area contributed by atoms with E-state index in [2.05, 4.69) is 26.7 Å². The van der Waals surface area contributed by atoms with Gasteiger partial charge >= 0.3 is 0 Å². The van der Waals surface area contributed by atoms with Crippen molar-refractivity contribution in [3.05, 3.63) is 83.0 Å². The molecule has 7 heteroatoms. The molecular weight excluding hydrogens is 458 g/mol. The minimum absolute atomic E-state index is 0.0751. The van der Waals surface area contributed by atoms with Gasteiger partial charge in [0, 0.05) is 53.7 Å². The molecule has 2 fully saturated rings. The van der Waals surface area contributed by atoms with E-state index in [9.17, 15) is 4.79 Å². The van der Waals surface area contributed by atoms with Gasteiger partial charge in [0.05, 0.1) is 5.69 Å². The van der Waals surface area contributed by atoms with Crippen molar-refractivity contribution < 1.29 is 4.79 Å². The van der Waals surface area contributed by atoms with E-state index in [1.165, 1.54) is 32.1 Å². The Morgan fingerprint density at radius 1 is 1.03 bits per heavy atom. The van der Waals surface area contributed by atoms with Crippen molar-refractivity contribution in [3.8, 4) is 11.3 Å². The highest BCUT2D eigenvalue weighted by Gasteiger charge is 2.23. The predicted molar refractivity (Wildman–Crippen MR) is 141 cm³/mol. The Morgan fingerprint density at radius 3 is 2.57 bits per heavy atom. The lowest BCUT2D eigenvalue weighted by Gasteiger charge is -2.33. The molecule has 1 aliphatic heterocycles. The van der Waals surface area contributed by atoms with Gasteiger partial charge in [-0.25, -0.2) is 9.97 Å². The van der Waals surface area contributed by atoms with E-state index in [-0.39, 0.29) is 11.9 Å². The molecule has 1 saturated carbocycles. The van der Waals surface area contributed by atoms with E-state index in [4.69, 9.17) is 11.6 Å². The van der Waals surface area contributed by atoms with Gasteiger partial charge in [-0.15, -0.1) is 0 Å². The minimum Gasteiger partial charge on any atom is -0.335 e. The Labute approximate surface area is 211 Å². The molecule has 1 aliphatic carbocycles. The number of nitrogens with one attached hydrogen (secondary N) is 2. The highest BCUT2D eigenvalue weighted by atomic mass is 35.5. The quantitative estimate of drug-likeness (QED) is 0.442. The van der Waals surface area contributed by atoms with Gasteiger partial charge < -0.3 is 15.5 Å². The lowest BCUT2D eigenvalue weighted by molar-refractivity contribution is 0.0717. The smallest absolute Gasteiger partial charge is 0.253 e. The molecule has 1 amide bonds. The number of carbonyl (C=O) groups is 1. The summed E-state index contributed by atoms with van der Waals surface area (Å²) in [5, 5.41) is 7.48. The molecule has 6 nitrogen and oxygen atoms in total. The van der Waals surface area contributed by atoms with Gasteiger partial charge in [0.15, 0.2) is 0 Å². The second-order valence-electron chi connectivity index (χ2n) is 9.17. The molecule has 0 bridgehead atoms. The van der Waals surface area contributed by atoms with Crippen molar-refractivity contribution >= 4 is 29.1 Å². The maximum Gasteiger partial charge on any atom is 0.253 e. The zero-order valence-electron chi connectivity index (χ0n) is 19.7. The molecule has 180 valence electrons. The first kappa shape index (κ1) is 23.5. The minimum atomic E-state index is 0.0751. The molecule has 1 aromatic heterocycles. The van der Waals surface area contributed by atoms with E-state index >= 15 is 0 Å². The molecular formula is C28H30ClN5O. The highest BCUT2D eigenvalue weighted by molar-refractivity contribution is 6.30. The van der Waals surface area contributed by atoms with Crippen LogP contribution in [0, 0.1) is 0 Å². The summed E-state index contributed by atoms with van der Waals surface area (Å²) in [5.41, 5.74) is 4.84. The van der Waals surface area contributed by atoms with Crippen LogP contribution in [0.3, 0.4) is 0 Å². The first-order valence-electron chi connectivity index (χ1n) is 12.3. The Morgan fingerprint density at radius 2 is 1.80 bits per heavy atom. The lowest BCUT2D eigenvalue weighted by Crippen LogP contribution is -2.52. The van der Waals surface area contributed by atoms with Crippen LogP contribution in [0.2, 0.25) is 5.02 Å². The number of piperazine rings is 1. The fraction of sp³-hybridized carbons (Fsp3) is 0.321.